The van der Waals surface area contributed by atoms with Gasteiger partial charge in [0.05, 0.1) is 12.8 Å². The number of nitrogens with zero attached hydrogens (tertiary/aromatic N) is 1. The van der Waals surface area contributed by atoms with Crippen LogP contribution in [0.15, 0.2) is 16.6 Å². The Bertz CT molecular complexity index is 531. The lowest BCUT2D eigenvalue weighted by Gasteiger charge is -2.18. The molecular formula is C13H17BrN2O4. The number of rotatable bonds is 4. The SMILES string of the molecule is COc1ccc(Br)c(C(=O)OC(C)C(=O)N(C)C)c1N. The van der Waals surface area contributed by atoms with E-state index in [1.54, 1.807) is 26.2 Å². The number of methoxy groups -OCH3 is 1. The normalized spacial score (nSPS) is 11.7. The van der Waals surface area contributed by atoms with Crippen LogP contribution in [0.4, 0.5) is 5.69 Å². The highest BCUT2D eigenvalue weighted by molar-refractivity contribution is 9.10. The van der Waals surface area contributed by atoms with E-state index in [2.05, 4.69) is 15.9 Å². The Kier molecular flexibility index (Phi) is 5.38. The Morgan fingerprint density at radius 1 is 1.35 bits per heavy atom. The molecule has 1 amide bonds. The Balaban J connectivity index is 3.01. The Morgan fingerprint density at radius 3 is 2.45 bits per heavy atom. The van der Waals surface area contributed by atoms with Crippen LogP contribution in [0, 0.1) is 0 Å². The summed E-state index contributed by atoms with van der Waals surface area (Å²) in [5, 5.41) is 0. The van der Waals surface area contributed by atoms with Crippen LogP contribution in [0.2, 0.25) is 0 Å². The van der Waals surface area contributed by atoms with Gasteiger partial charge in [0.2, 0.25) is 0 Å². The van der Waals surface area contributed by atoms with Gasteiger partial charge in [-0.2, -0.15) is 0 Å². The lowest BCUT2D eigenvalue weighted by atomic mass is 10.1. The monoisotopic (exact) mass is 344 g/mol. The highest BCUT2D eigenvalue weighted by Crippen LogP contribution is 2.32. The van der Waals surface area contributed by atoms with Crippen molar-refractivity contribution >= 4 is 33.5 Å². The summed E-state index contributed by atoms with van der Waals surface area (Å²) in [7, 11) is 4.62. The van der Waals surface area contributed by atoms with Gasteiger partial charge in [-0.1, -0.05) is 0 Å². The van der Waals surface area contributed by atoms with E-state index in [-0.39, 0.29) is 17.2 Å². The number of anilines is 1. The van der Waals surface area contributed by atoms with Crippen molar-refractivity contribution in [1.82, 2.24) is 4.90 Å². The zero-order chi connectivity index (χ0) is 15.4. The molecule has 0 bridgehead atoms. The van der Waals surface area contributed by atoms with Gasteiger partial charge in [-0.15, -0.1) is 0 Å². The molecule has 1 aromatic carbocycles. The van der Waals surface area contributed by atoms with Crippen molar-refractivity contribution in [3.8, 4) is 5.75 Å². The fourth-order valence-corrected chi connectivity index (χ4v) is 2.10. The number of carbonyl (C=O) groups excluding carboxylic acids is 2. The third kappa shape index (κ3) is 3.41. The van der Waals surface area contributed by atoms with E-state index in [0.717, 1.165) is 0 Å². The number of carbonyl (C=O) groups is 2. The van der Waals surface area contributed by atoms with Gasteiger partial charge in [0.1, 0.15) is 11.3 Å². The van der Waals surface area contributed by atoms with Gasteiger partial charge in [-0.3, -0.25) is 4.79 Å². The Morgan fingerprint density at radius 2 is 1.95 bits per heavy atom. The topological polar surface area (TPSA) is 81.9 Å². The van der Waals surface area contributed by atoms with Crippen LogP contribution >= 0.6 is 15.9 Å². The molecule has 7 heteroatoms. The molecule has 1 rings (SSSR count). The number of halogens is 1. The van der Waals surface area contributed by atoms with Gasteiger partial charge in [-0.25, -0.2) is 4.79 Å². The summed E-state index contributed by atoms with van der Waals surface area (Å²) in [6.07, 6.45) is -0.894. The van der Waals surface area contributed by atoms with E-state index in [9.17, 15) is 9.59 Å². The highest BCUT2D eigenvalue weighted by Gasteiger charge is 2.24. The number of esters is 1. The predicted octanol–water partition coefficient (Wildman–Crippen LogP) is 1.67. The predicted molar refractivity (Wildman–Crippen MR) is 78.7 cm³/mol. The summed E-state index contributed by atoms with van der Waals surface area (Å²) in [5.41, 5.74) is 6.16. The van der Waals surface area contributed by atoms with Crippen molar-refractivity contribution in [1.29, 1.82) is 0 Å². The standard InChI is InChI=1S/C13H17BrN2O4/c1-7(12(17)16(2)3)20-13(18)10-8(14)5-6-9(19-4)11(10)15/h5-7H,15H2,1-4H3. The molecule has 2 N–H and O–H groups in total. The van der Waals surface area contributed by atoms with Gasteiger partial charge < -0.3 is 20.1 Å². The fraction of sp³-hybridized carbons (Fsp3) is 0.385. The minimum atomic E-state index is -0.894. The van der Waals surface area contributed by atoms with Gasteiger partial charge in [0.25, 0.3) is 5.91 Å². The van der Waals surface area contributed by atoms with Crippen molar-refractivity contribution in [2.75, 3.05) is 26.9 Å². The molecular weight excluding hydrogens is 328 g/mol. The number of ether oxygens (including phenoxy) is 2. The number of hydrogen-bond donors (Lipinski definition) is 1. The molecule has 0 spiro atoms. The second-order valence-corrected chi connectivity index (χ2v) is 5.17. The molecule has 1 atom stereocenters. The summed E-state index contributed by atoms with van der Waals surface area (Å²) in [6, 6.07) is 3.26. The Labute approximate surface area is 126 Å². The average Bonchev–Trinajstić information content (AvgIpc) is 2.37. The van der Waals surface area contributed by atoms with E-state index in [0.29, 0.717) is 10.2 Å². The molecule has 0 saturated carbocycles. The third-order valence-corrected chi connectivity index (χ3v) is 3.31. The fourth-order valence-electron chi connectivity index (χ4n) is 1.59. The number of benzene rings is 1. The summed E-state index contributed by atoms with van der Waals surface area (Å²) in [6.45, 7) is 1.50. The van der Waals surface area contributed by atoms with Crippen LogP contribution in [-0.2, 0) is 9.53 Å². The molecule has 0 aromatic heterocycles. The number of likely N-dealkylation sites (N-methyl/N-ethyl adjacent to an activating group) is 1. The quantitative estimate of drug-likeness (QED) is 0.663. The molecule has 0 aliphatic rings. The maximum absolute atomic E-state index is 12.1. The number of nitrogens with two attached hydrogens (primary N) is 1. The smallest absolute Gasteiger partial charge is 0.342 e. The van der Waals surface area contributed by atoms with E-state index in [1.165, 1.54) is 18.9 Å². The minimum absolute atomic E-state index is 0.141. The maximum Gasteiger partial charge on any atom is 0.342 e. The lowest BCUT2D eigenvalue weighted by molar-refractivity contribution is -0.137. The van der Waals surface area contributed by atoms with Crippen molar-refractivity contribution in [2.24, 2.45) is 0 Å². The van der Waals surface area contributed by atoms with Crippen LogP contribution in [0.3, 0.4) is 0 Å². The Hall–Kier alpha value is -1.76. The van der Waals surface area contributed by atoms with Crippen molar-refractivity contribution in [2.45, 2.75) is 13.0 Å². The van der Waals surface area contributed by atoms with Gasteiger partial charge >= 0.3 is 5.97 Å². The van der Waals surface area contributed by atoms with E-state index in [1.807, 2.05) is 0 Å². The second kappa shape index (κ2) is 6.60. The van der Waals surface area contributed by atoms with Crippen LogP contribution < -0.4 is 10.5 Å². The molecule has 20 heavy (non-hydrogen) atoms. The van der Waals surface area contributed by atoms with E-state index in [4.69, 9.17) is 15.2 Å². The van der Waals surface area contributed by atoms with Crippen LogP contribution in [-0.4, -0.2) is 44.1 Å². The molecule has 0 aliphatic heterocycles. The van der Waals surface area contributed by atoms with Crippen molar-refractivity contribution < 1.29 is 19.1 Å². The molecule has 0 saturated heterocycles. The summed E-state index contributed by atoms with van der Waals surface area (Å²) in [4.78, 5) is 25.2. The first-order valence-electron chi connectivity index (χ1n) is 5.83. The zero-order valence-corrected chi connectivity index (χ0v) is 13.4. The second-order valence-electron chi connectivity index (χ2n) is 4.32. The van der Waals surface area contributed by atoms with E-state index >= 15 is 0 Å². The first kappa shape index (κ1) is 16.3. The molecule has 6 nitrogen and oxygen atoms in total. The maximum atomic E-state index is 12.1. The van der Waals surface area contributed by atoms with Crippen LogP contribution in [0.1, 0.15) is 17.3 Å². The van der Waals surface area contributed by atoms with E-state index < -0.39 is 12.1 Å². The highest BCUT2D eigenvalue weighted by atomic mass is 79.9. The molecule has 0 radical (unpaired) electrons. The molecule has 0 fully saturated rings. The summed E-state index contributed by atoms with van der Waals surface area (Å²) in [5.74, 6) is -0.626. The van der Waals surface area contributed by atoms with Gasteiger partial charge in [0.15, 0.2) is 6.10 Å². The molecule has 0 heterocycles. The molecule has 1 unspecified atom stereocenters. The number of amides is 1. The zero-order valence-electron chi connectivity index (χ0n) is 11.8. The number of hydrogen-bond acceptors (Lipinski definition) is 5. The molecule has 110 valence electrons. The summed E-state index contributed by atoms with van der Waals surface area (Å²) < 4.78 is 10.7. The summed E-state index contributed by atoms with van der Waals surface area (Å²) >= 11 is 3.24. The van der Waals surface area contributed by atoms with Crippen molar-refractivity contribution in [3.05, 3.63) is 22.2 Å². The average molecular weight is 345 g/mol. The van der Waals surface area contributed by atoms with Crippen LogP contribution in [0.5, 0.6) is 5.75 Å². The van der Waals surface area contributed by atoms with Gasteiger partial charge in [0, 0.05) is 18.6 Å². The molecule has 1 aromatic rings. The van der Waals surface area contributed by atoms with Crippen molar-refractivity contribution in [3.63, 3.8) is 0 Å². The lowest BCUT2D eigenvalue weighted by Crippen LogP contribution is -2.35. The van der Waals surface area contributed by atoms with Gasteiger partial charge in [-0.05, 0) is 35.0 Å². The first-order valence-corrected chi connectivity index (χ1v) is 6.63. The van der Waals surface area contributed by atoms with Crippen LogP contribution in [0.25, 0.3) is 0 Å². The number of nitrogen functional groups attached to an aromatic ring is 1. The first-order chi connectivity index (χ1) is 9.29. The largest absolute Gasteiger partial charge is 0.495 e. The minimum Gasteiger partial charge on any atom is -0.495 e. The molecule has 0 aliphatic carbocycles. The third-order valence-electron chi connectivity index (χ3n) is 2.65.